The first kappa shape index (κ1) is 13.9. The first-order valence-electron chi connectivity index (χ1n) is 6.74. The molecule has 0 atom stereocenters. The smallest absolute Gasteiger partial charge is 0.239 e. The van der Waals surface area contributed by atoms with E-state index in [4.69, 9.17) is 10.5 Å². The van der Waals surface area contributed by atoms with Crippen LogP contribution in [0.2, 0.25) is 0 Å². The van der Waals surface area contributed by atoms with Gasteiger partial charge >= 0.3 is 0 Å². The van der Waals surface area contributed by atoms with E-state index in [2.05, 4.69) is 9.88 Å². The van der Waals surface area contributed by atoms with Gasteiger partial charge in [-0.05, 0) is 45.7 Å². The fraction of sp³-hybridized carbons (Fsp3) is 0.643. The quantitative estimate of drug-likeness (QED) is 0.853. The summed E-state index contributed by atoms with van der Waals surface area (Å²) in [6, 6.07) is 3.73. The van der Waals surface area contributed by atoms with Gasteiger partial charge in [-0.15, -0.1) is 0 Å². The number of piperidine rings is 1. The van der Waals surface area contributed by atoms with Gasteiger partial charge in [-0.25, -0.2) is 0 Å². The molecule has 0 bridgehead atoms. The molecular weight excluding hydrogens is 242 g/mol. The summed E-state index contributed by atoms with van der Waals surface area (Å²) in [6.07, 6.45) is 1.37. The molecule has 0 radical (unpaired) electrons. The largest absolute Gasteiger partial charge is 0.470 e. The van der Waals surface area contributed by atoms with E-state index < -0.39 is 0 Å². The Morgan fingerprint density at radius 2 is 1.95 bits per heavy atom. The molecule has 2 rings (SSSR count). The van der Waals surface area contributed by atoms with Gasteiger partial charge in [0.2, 0.25) is 5.88 Å². The average molecular weight is 265 g/mol. The highest BCUT2D eigenvalue weighted by Crippen LogP contribution is 2.27. The van der Waals surface area contributed by atoms with Gasteiger partial charge in [0.05, 0.1) is 11.8 Å². The lowest BCUT2D eigenvalue weighted by atomic mass is 10.1. The lowest BCUT2D eigenvalue weighted by Gasteiger charge is -2.31. The van der Waals surface area contributed by atoms with Crippen LogP contribution in [-0.2, 0) is 0 Å². The van der Waals surface area contributed by atoms with Crippen molar-refractivity contribution >= 4 is 11.5 Å². The number of pyridine rings is 1. The van der Waals surface area contributed by atoms with Crippen molar-refractivity contribution in [1.29, 1.82) is 0 Å². The normalized spacial score (nSPS) is 17.6. The summed E-state index contributed by atoms with van der Waals surface area (Å²) in [5.74, 6) is 1.34. The van der Waals surface area contributed by atoms with Crippen molar-refractivity contribution in [1.82, 2.24) is 4.98 Å². The van der Waals surface area contributed by atoms with E-state index in [1.165, 1.54) is 0 Å². The minimum absolute atomic E-state index is 0.185. The summed E-state index contributed by atoms with van der Waals surface area (Å²) >= 11 is 0. The zero-order valence-electron chi connectivity index (χ0n) is 11.9. The summed E-state index contributed by atoms with van der Waals surface area (Å²) in [5, 5.41) is 9.53. The van der Waals surface area contributed by atoms with E-state index in [9.17, 15) is 5.11 Å². The number of nitrogen functional groups attached to an aromatic ring is 1. The molecule has 1 fully saturated rings. The van der Waals surface area contributed by atoms with Crippen molar-refractivity contribution in [3.8, 4) is 5.88 Å². The van der Waals surface area contributed by atoms with Gasteiger partial charge in [-0.1, -0.05) is 0 Å². The summed E-state index contributed by atoms with van der Waals surface area (Å²) in [5.41, 5.74) is 6.13. The highest BCUT2D eigenvalue weighted by molar-refractivity contribution is 5.54. The van der Waals surface area contributed by atoms with E-state index in [1.807, 2.05) is 32.9 Å². The highest BCUT2D eigenvalue weighted by atomic mass is 16.5. The Morgan fingerprint density at radius 3 is 2.53 bits per heavy atom. The van der Waals surface area contributed by atoms with Crippen LogP contribution in [0.25, 0.3) is 0 Å². The van der Waals surface area contributed by atoms with Crippen molar-refractivity contribution < 1.29 is 9.84 Å². The summed E-state index contributed by atoms with van der Waals surface area (Å²) in [4.78, 5) is 6.66. The second kappa shape index (κ2) is 5.25. The number of nitrogens with two attached hydrogens (primary N) is 1. The fourth-order valence-electron chi connectivity index (χ4n) is 2.08. The second-order valence-electron chi connectivity index (χ2n) is 6.00. The lowest BCUT2D eigenvalue weighted by Crippen LogP contribution is -2.36. The molecule has 0 aliphatic carbocycles. The van der Waals surface area contributed by atoms with E-state index in [0.29, 0.717) is 11.6 Å². The molecule has 0 saturated carbocycles. The first-order chi connectivity index (χ1) is 8.85. The Kier molecular flexibility index (Phi) is 3.85. The van der Waals surface area contributed by atoms with Gasteiger partial charge in [0.1, 0.15) is 11.4 Å². The standard InChI is InChI=1S/C14H23N3O2/c1-14(2,3)19-13-11(15)4-5-12(16-13)17-8-6-10(18)7-9-17/h4-5,10,18H,6-9,15H2,1-3H3. The van der Waals surface area contributed by atoms with Crippen LogP contribution in [0.1, 0.15) is 33.6 Å². The zero-order valence-corrected chi connectivity index (χ0v) is 11.9. The van der Waals surface area contributed by atoms with Crippen LogP contribution >= 0.6 is 0 Å². The Hall–Kier alpha value is -1.49. The van der Waals surface area contributed by atoms with Crippen LogP contribution in [0.3, 0.4) is 0 Å². The van der Waals surface area contributed by atoms with Gasteiger partial charge < -0.3 is 20.5 Å². The topological polar surface area (TPSA) is 71.6 Å². The Morgan fingerprint density at radius 1 is 1.32 bits per heavy atom. The Labute approximate surface area is 114 Å². The van der Waals surface area contributed by atoms with Gasteiger partial charge in [-0.2, -0.15) is 4.98 Å². The molecular formula is C14H23N3O2. The minimum Gasteiger partial charge on any atom is -0.470 e. The van der Waals surface area contributed by atoms with Crippen LogP contribution in [-0.4, -0.2) is 34.9 Å². The third-order valence-electron chi connectivity index (χ3n) is 3.07. The summed E-state index contributed by atoms with van der Waals surface area (Å²) < 4.78 is 5.77. The van der Waals surface area contributed by atoms with E-state index in [0.717, 1.165) is 31.7 Å². The number of anilines is 2. The van der Waals surface area contributed by atoms with E-state index in [1.54, 1.807) is 0 Å². The van der Waals surface area contributed by atoms with Crippen molar-refractivity contribution in [2.24, 2.45) is 0 Å². The summed E-state index contributed by atoms with van der Waals surface area (Å²) in [6.45, 7) is 7.54. The molecule has 1 saturated heterocycles. The van der Waals surface area contributed by atoms with E-state index >= 15 is 0 Å². The highest BCUT2D eigenvalue weighted by Gasteiger charge is 2.20. The van der Waals surface area contributed by atoms with Gasteiger partial charge in [0, 0.05) is 13.1 Å². The molecule has 0 aromatic carbocycles. The van der Waals surface area contributed by atoms with Gasteiger partial charge in [-0.3, -0.25) is 0 Å². The number of nitrogens with zero attached hydrogens (tertiary/aromatic N) is 2. The van der Waals surface area contributed by atoms with Crippen molar-refractivity contribution in [2.75, 3.05) is 23.7 Å². The third-order valence-corrected chi connectivity index (χ3v) is 3.07. The minimum atomic E-state index is -0.322. The number of hydrogen-bond donors (Lipinski definition) is 2. The number of aromatic nitrogens is 1. The van der Waals surface area contributed by atoms with Crippen molar-refractivity contribution in [3.63, 3.8) is 0 Å². The molecule has 5 nitrogen and oxygen atoms in total. The lowest BCUT2D eigenvalue weighted by molar-refractivity contribution is 0.125. The molecule has 1 aliphatic rings. The molecule has 1 aliphatic heterocycles. The monoisotopic (exact) mass is 265 g/mol. The molecule has 5 heteroatoms. The second-order valence-corrected chi connectivity index (χ2v) is 6.00. The molecule has 0 spiro atoms. The predicted octanol–water partition coefficient (Wildman–Crippen LogP) is 1.80. The molecule has 1 aromatic rings. The zero-order chi connectivity index (χ0) is 14.0. The number of rotatable bonds is 2. The van der Waals surface area contributed by atoms with Crippen LogP contribution < -0.4 is 15.4 Å². The molecule has 0 amide bonds. The Balaban J connectivity index is 2.16. The molecule has 3 N–H and O–H groups in total. The molecule has 19 heavy (non-hydrogen) atoms. The van der Waals surface area contributed by atoms with Crippen LogP contribution in [0.15, 0.2) is 12.1 Å². The van der Waals surface area contributed by atoms with Crippen molar-refractivity contribution in [3.05, 3.63) is 12.1 Å². The number of ether oxygens (including phenoxy) is 1. The molecule has 1 aromatic heterocycles. The number of hydrogen-bond acceptors (Lipinski definition) is 5. The van der Waals surface area contributed by atoms with Crippen LogP contribution in [0.5, 0.6) is 5.88 Å². The van der Waals surface area contributed by atoms with Crippen LogP contribution in [0.4, 0.5) is 11.5 Å². The maximum absolute atomic E-state index is 9.53. The SMILES string of the molecule is CC(C)(C)Oc1nc(N2CCC(O)CC2)ccc1N. The first-order valence-corrected chi connectivity index (χ1v) is 6.74. The molecule has 2 heterocycles. The molecule has 106 valence electrons. The maximum Gasteiger partial charge on any atom is 0.239 e. The average Bonchev–Trinajstić information content (AvgIpc) is 2.31. The molecule has 0 unspecified atom stereocenters. The number of aliphatic hydroxyl groups excluding tert-OH is 1. The van der Waals surface area contributed by atoms with Crippen molar-refractivity contribution in [2.45, 2.75) is 45.3 Å². The van der Waals surface area contributed by atoms with Crippen LogP contribution in [0, 0.1) is 0 Å². The van der Waals surface area contributed by atoms with Gasteiger partial charge in [0.25, 0.3) is 0 Å². The Bertz CT molecular complexity index is 435. The van der Waals surface area contributed by atoms with Gasteiger partial charge in [0.15, 0.2) is 0 Å². The van der Waals surface area contributed by atoms with E-state index in [-0.39, 0.29) is 11.7 Å². The number of aliphatic hydroxyl groups is 1. The third kappa shape index (κ3) is 3.73. The summed E-state index contributed by atoms with van der Waals surface area (Å²) in [7, 11) is 0. The predicted molar refractivity (Wildman–Crippen MR) is 76.5 cm³/mol. The fourth-order valence-corrected chi connectivity index (χ4v) is 2.08. The maximum atomic E-state index is 9.53.